The van der Waals surface area contributed by atoms with E-state index < -0.39 is 5.97 Å². The predicted molar refractivity (Wildman–Crippen MR) is 71.9 cm³/mol. The van der Waals surface area contributed by atoms with Crippen molar-refractivity contribution in [3.63, 3.8) is 0 Å². The van der Waals surface area contributed by atoms with Crippen LogP contribution in [0.1, 0.15) is 21.6 Å². The smallest absolute Gasteiger partial charge is 0.354 e. The summed E-state index contributed by atoms with van der Waals surface area (Å²) in [7, 11) is 0. The van der Waals surface area contributed by atoms with Gasteiger partial charge in [-0.25, -0.2) is 9.78 Å². The lowest BCUT2D eigenvalue weighted by Crippen LogP contribution is -1.98. The van der Waals surface area contributed by atoms with Crippen molar-refractivity contribution in [1.82, 2.24) is 4.98 Å². The van der Waals surface area contributed by atoms with Crippen molar-refractivity contribution in [3.8, 4) is 6.07 Å². The molecule has 0 saturated carbocycles. The highest BCUT2D eigenvalue weighted by molar-refractivity contribution is 7.98. The number of aromatic carboxylic acids is 1. The maximum Gasteiger partial charge on any atom is 0.354 e. The van der Waals surface area contributed by atoms with Gasteiger partial charge >= 0.3 is 5.97 Å². The van der Waals surface area contributed by atoms with Crippen molar-refractivity contribution in [3.05, 3.63) is 59.4 Å². The van der Waals surface area contributed by atoms with E-state index in [1.807, 2.05) is 18.2 Å². The first-order valence-electron chi connectivity index (χ1n) is 5.50. The van der Waals surface area contributed by atoms with E-state index in [4.69, 9.17) is 10.4 Å². The number of pyridine rings is 1. The molecule has 0 aliphatic rings. The van der Waals surface area contributed by atoms with Gasteiger partial charge in [0.15, 0.2) is 0 Å². The second kappa shape index (κ2) is 6.03. The second-order valence-corrected chi connectivity index (χ2v) is 4.83. The molecule has 0 radical (unpaired) electrons. The molecule has 1 N–H and O–H groups in total. The van der Waals surface area contributed by atoms with Gasteiger partial charge in [0.25, 0.3) is 0 Å². The fraction of sp³-hybridized carbons (Fsp3) is 0.0714. The fourth-order valence-corrected chi connectivity index (χ4v) is 2.29. The minimum Gasteiger partial charge on any atom is -0.477 e. The van der Waals surface area contributed by atoms with Gasteiger partial charge < -0.3 is 5.11 Å². The minimum absolute atomic E-state index is 0.0378. The summed E-state index contributed by atoms with van der Waals surface area (Å²) in [5, 5.41) is 17.5. The molecule has 1 aromatic carbocycles. The van der Waals surface area contributed by atoms with Crippen LogP contribution in [-0.2, 0) is 5.75 Å². The van der Waals surface area contributed by atoms with Crippen LogP contribution in [0.25, 0.3) is 0 Å². The zero-order valence-electron chi connectivity index (χ0n) is 9.91. The molecule has 0 fully saturated rings. The van der Waals surface area contributed by atoms with Gasteiger partial charge in [-0.05, 0) is 29.8 Å². The van der Waals surface area contributed by atoms with Gasteiger partial charge in [0, 0.05) is 16.8 Å². The molecule has 2 aromatic rings. The molecule has 0 bridgehead atoms. The number of benzene rings is 1. The molecule has 5 heteroatoms. The van der Waals surface area contributed by atoms with Gasteiger partial charge in [-0.3, -0.25) is 0 Å². The number of carbonyl (C=O) groups is 1. The summed E-state index contributed by atoms with van der Waals surface area (Å²) in [4.78, 5) is 15.4. The third kappa shape index (κ3) is 3.57. The SMILES string of the molecule is N#Cc1cccc(CSc2ccc(C(=O)O)nc2)c1. The van der Waals surface area contributed by atoms with Crippen LogP contribution in [0.2, 0.25) is 0 Å². The first-order chi connectivity index (χ1) is 9.19. The van der Waals surface area contributed by atoms with Crippen molar-refractivity contribution in [2.75, 3.05) is 0 Å². The van der Waals surface area contributed by atoms with Crippen LogP contribution in [0, 0.1) is 11.3 Å². The van der Waals surface area contributed by atoms with E-state index in [1.165, 1.54) is 6.07 Å². The lowest BCUT2D eigenvalue weighted by atomic mass is 10.2. The summed E-state index contributed by atoms with van der Waals surface area (Å²) in [5.74, 6) is -0.317. The monoisotopic (exact) mass is 270 g/mol. The number of thioether (sulfide) groups is 1. The van der Waals surface area contributed by atoms with Crippen molar-refractivity contribution in [2.24, 2.45) is 0 Å². The number of nitrogens with zero attached hydrogens (tertiary/aromatic N) is 2. The number of rotatable bonds is 4. The van der Waals surface area contributed by atoms with E-state index >= 15 is 0 Å². The van der Waals surface area contributed by atoms with Gasteiger partial charge in [0.1, 0.15) is 5.69 Å². The summed E-state index contributed by atoms with van der Waals surface area (Å²) in [5.41, 5.74) is 1.72. The Kier molecular flexibility index (Phi) is 4.16. The van der Waals surface area contributed by atoms with E-state index in [1.54, 1.807) is 30.1 Å². The molecule has 0 atom stereocenters. The molecule has 19 heavy (non-hydrogen) atoms. The average Bonchev–Trinajstić information content (AvgIpc) is 2.46. The highest BCUT2D eigenvalue weighted by atomic mass is 32.2. The van der Waals surface area contributed by atoms with Crippen molar-refractivity contribution >= 4 is 17.7 Å². The molecule has 2 rings (SSSR count). The first-order valence-corrected chi connectivity index (χ1v) is 6.49. The third-order valence-corrected chi connectivity index (χ3v) is 3.47. The van der Waals surface area contributed by atoms with Gasteiger partial charge in [0.05, 0.1) is 11.6 Å². The summed E-state index contributed by atoms with van der Waals surface area (Å²) in [6, 6.07) is 12.7. The first kappa shape index (κ1) is 13.1. The van der Waals surface area contributed by atoms with Crippen molar-refractivity contribution in [2.45, 2.75) is 10.6 Å². The second-order valence-electron chi connectivity index (χ2n) is 3.79. The van der Waals surface area contributed by atoms with Crippen LogP contribution in [0.4, 0.5) is 0 Å². The number of nitriles is 1. The van der Waals surface area contributed by atoms with Gasteiger partial charge in [0.2, 0.25) is 0 Å². The number of hydrogen-bond acceptors (Lipinski definition) is 4. The van der Waals surface area contributed by atoms with Gasteiger partial charge in [-0.15, -0.1) is 11.8 Å². The number of aromatic nitrogens is 1. The molecule has 0 aliphatic heterocycles. The Hall–Kier alpha value is -2.32. The van der Waals surface area contributed by atoms with Gasteiger partial charge in [-0.1, -0.05) is 12.1 Å². The quantitative estimate of drug-likeness (QED) is 0.864. The lowest BCUT2D eigenvalue weighted by molar-refractivity contribution is 0.0690. The van der Waals surface area contributed by atoms with Crippen LogP contribution in [0.15, 0.2) is 47.5 Å². The molecular formula is C14H10N2O2S. The number of hydrogen-bond donors (Lipinski definition) is 1. The average molecular weight is 270 g/mol. The largest absolute Gasteiger partial charge is 0.477 e. The lowest BCUT2D eigenvalue weighted by Gasteiger charge is -2.02. The molecular weight excluding hydrogens is 260 g/mol. The van der Waals surface area contributed by atoms with Crippen molar-refractivity contribution < 1.29 is 9.90 Å². The zero-order chi connectivity index (χ0) is 13.7. The molecule has 0 unspecified atom stereocenters. The molecule has 0 spiro atoms. The van der Waals surface area contributed by atoms with Crippen molar-refractivity contribution in [1.29, 1.82) is 5.26 Å². The standard InChI is InChI=1S/C14H10N2O2S/c15-7-10-2-1-3-11(6-10)9-19-12-4-5-13(14(17)18)16-8-12/h1-6,8H,9H2,(H,17,18). The maximum absolute atomic E-state index is 10.7. The highest BCUT2D eigenvalue weighted by Crippen LogP contribution is 2.22. The molecule has 4 nitrogen and oxygen atoms in total. The van der Waals surface area contributed by atoms with E-state index in [-0.39, 0.29) is 5.69 Å². The molecule has 0 amide bonds. The Morgan fingerprint density at radius 1 is 1.37 bits per heavy atom. The van der Waals surface area contributed by atoms with Crippen LogP contribution in [0.5, 0.6) is 0 Å². The molecule has 1 aromatic heterocycles. The predicted octanol–water partition coefficient (Wildman–Crippen LogP) is 2.94. The Balaban J connectivity index is 2.02. The minimum atomic E-state index is -1.03. The Morgan fingerprint density at radius 3 is 2.84 bits per heavy atom. The van der Waals surface area contributed by atoms with E-state index in [0.717, 1.165) is 10.5 Å². The summed E-state index contributed by atoms with van der Waals surface area (Å²) >= 11 is 1.55. The summed E-state index contributed by atoms with van der Waals surface area (Å²) < 4.78 is 0. The Labute approximate surface area is 114 Å². The normalized spacial score (nSPS) is 9.84. The molecule has 1 heterocycles. The molecule has 94 valence electrons. The maximum atomic E-state index is 10.7. The van der Waals surface area contributed by atoms with Crippen LogP contribution >= 0.6 is 11.8 Å². The summed E-state index contributed by atoms with van der Waals surface area (Å²) in [6.07, 6.45) is 1.54. The zero-order valence-corrected chi connectivity index (χ0v) is 10.7. The third-order valence-electron chi connectivity index (χ3n) is 2.42. The Bertz CT molecular complexity index is 633. The fourth-order valence-electron chi connectivity index (χ4n) is 1.49. The molecule has 0 saturated heterocycles. The highest BCUT2D eigenvalue weighted by Gasteiger charge is 2.04. The number of carboxylic acid groups (broad SMARTS) is 1. The summed E-state index contributed by atoms with van der Waals surface area (Å²) in [6.45, 7) is 0. The molecule has 0 aliphatic carbocycles. The van der Waals surface area contributed by atoms with Crippen LogP contribution in [0.3, 0.4) is 0 Å². The van der Waals surface area contributed by atoms with E-state index in [2.05, 4.69) is 11.1 Å². The van der Waals surface area contributed by atoms with Crippen LogP contribution < -0.4 is 0 Å². The number of carboxylic acids is 1. The van der Waals surface area contributed by atoms with Gasteiger partial charge in [-0.2, -0.15) is 5.26 Å². The van der Waals surface area contributed by atoms with E-state index in [9.17, 15) is 4.79 Å². The topological polar surface area (TPSA) is 74.0 Å². The van der Waals surface area contributed by atoms with E-state index in [0.29, 0.717) is 11.3 Å². The Morgan fingerprint density at radius 2 is 2.21 bits per heavy atom. The van der Waals surface area contributed by atoms with Crippen LogP contribution in [-0.4, -0.2) is 16.1 Å².